The summed E-state index contributed by atoms with van der Waals surface area (Å²) in [7, 11) is 0. The Labute approximate surface area is 299 Å². The van der Waals surface area contributed by atoms with Crippen molar-refractivity contribution < 1.29 is 0 Å². The van der Waals surface area contributed by atoms with E-state index in [1.165, 1.54) is 99.1 Å². The van der Waals surface area contributed by atoms with Gasteiger partial charge in [-0.3, -0.25) is 0 Å². The highest BCUT2D eigenvalue weighted by molar-refractivity contribution is 6.21. The van der Waals surface area contributed by atoms with Gasteiger partial charge in [0.15, 0.2) is 0 Å². The zero-order valence-electron chi connectivity index (χ0n) is 28.8. The predicted octanol–water partition coefficient (Wildman–Crippen LogP) is 14.1. The van der Waals surface area contributed by atoms with Crippen LogP contribution in [0.3, 0.4) is 0 Å². The molecule has 0 radical (unpaired) electrons. The van der Waals surface area contributed by atoms with Crippen LogP contribution < -0.4 is 0 Å². The second-order valence-corrected chi connectivity index (χ2v) is 14.5. The lowest BCUT2D eigenvalue weighted by atomic mass is 9.78. The van der Waals surface area contributed by atoms with Crippen molar-refractivity contribution in [2.75, 3.05) is 0 Å². The van der Waals surface area contributed by atoms with Gasteiger partial charge in [-0.05, 0) is 123 Å². The lowest BCUT2D eigenvalue weighted by Crippen LogP contribution is -2.16. The van der Waals surface area contributed by atoms with Crippen molar-refractivity contribution in [3.05, 3.63) is 193 Å². The SMILES string of the molecule is CC1(C)c2cc3ccccc3cc2-c2cccc(-c3cccc(-c4c5ccccc5c(-c5cccc(-c6ccccc6)c5)c5ccccc45)c3)c21. The molecule has 0 bridgehead atoms. The standard InChI is InChI=1S/C51H36/c1-51(2)47-32-36-18-7-6-17-35(36)31-46(47)45-28-14-27-40(50(45)51)37-20-13-22-39(30-37)49-43-25-10-8-23-41(43)48(42-24-9-11-26-44(42)49)38-21-12-19-34(29-38)33-15-4-3-5-16-33/h3-32H,1-2H3. The Morgan fingerprint density at radius 1 is 0.314 bits per heavy atom. The molecule has 0 atom stereocenters. The molecule has 0 nitrogen and oxygen atoms in total. The van der Waals surface area contributed by atoms with Crippen LogP contribution in [0.15, 0.2) is 182 Å². The molecule has 9 aromatic carbocycles. The maximum absolute atomic E-state index is 2.43. The summed E-state index contributed by atoms with van der Waals surface area (Å²) in [5, 5.41) is 7.67. The molecule has 0 heterocycles. The Kier molecular flexibility index (Phi) is 6.63. The first kappa shape index (κ1) is 29.7. The zero-order chi connectivity index (χ0) is 34.1. The third kappa shape index (κ3) is 4.60. The van der Waals surface area contributed by atoms with Gasteiger partial charge < -0.3 is 0 Å². The minimum absolute atomic E-state index is 0.128. The van der Waals surface area contributed by atoms with E-state index in [-0.39, 0.29) is 5.41 Å². The largest absolute Gasteiger partial charge is 0.0622 e. The van der Waals surface area contributed by atoms with Crippen LogP contribution in [0.25, 0.3) is 88.0 Å². The quantitative estimate of drug-likeness (QED) is 0.167. The molecule has 0 heteroatoms. The Balaban J connectivity index is 1.17. The zero-order valence-corrected chi connectivity index (χ0v) is 28.8. The number of hydrogen-bond donors (Lipinski definition) is 0. The predicted molar refractivity (Wildman–Crippen MR) is 218 cm³/mol. The molecule has 1 aliphatic carbocycles. The highest BCUT2D eigenvalue weighted by Gasteiger charge is 2.37. The molecule has 0 unspecified atom stereocenters. The molecule has 0 fully saturated rings. The van der Waals surface area contributed by atoms with Gasteiger partial charge in [-0.1, -0.05) is 172 Å². The van der Waals surface area contributed by atoms with Gasteiger partial charge in [0.1, 0.15) is 0 Å². The lowest BCUT2D eigenvalue weighted by Gasteiger charge is -2.25. The molecular weight excluding hydrogens is 613 g/mol. The molecule has 10 rings (SSSR count). The first-order chi connectivity index (χ1) is 25.1. The van der Waals surface area contributed by atoms with E-state index in [0.717, 1.165) is 0 Å². The van der Waals surface area contributed by atoms with Crippen molar-refractivity contribution >= 4 is 32.3 Å². The van der Waals surface area contributed by atoms with Gasteiger partial charge in [0, 0.05) is 5.41 Å². The summed E-state index contributed by atoms with van der Waals surface area (Å²) in [4.78, 5) is 0. The molecule has 0 saturated carbocycles. The molecule has 0 saturated heterocycles. The van der Waals surface area contributed by atoms with Crippen LogP contribution in [-0.2, 0) is 5.41 Å². The first-order valence-electron chi connectivity index (χ1n) is 17.9. The lowest BCUT2D eigenvalue weighted by molar-refractivity contribution is 0.663. The van der Waals surface area contributed by atoms with Crippen LogP contribution in [0.2, 0.25) is 0 Å². The molecule has 240 valence electrons. The molecule has 0 N–H and O–H groups in total. The monoisotopic (exact) mass is 648 g/mol. The van der Waals surface area contributed by atoms with Crippen LogP contribution in [0.4, 0.5) is 0 Å². The van der Waals surface area contributed by atoms with Crippen molar-refractivity contribution in [2.45, 2.75) is 19.3 Å². The minimum atomic E-state index is -0.128. The molecule has 0 amide bonds. The van der Waals surface area contributed by atoms with Gasteiger partial charge in [0.2, 0.25) is 0 Å². The first-order valence-corrected chi connectivity index (χ1v) is 17.9. The molecular formula is C51H36. The number of benzene rings is 9. The Bertz CT molecular complexity index is 2760. The summed E-state index contributed by atoms with van der Waals surface area (Å²) < 4.78 is 0. The van der Waals surface area contributed by atoms with E-state index in [4.69, 9.17) is 0 Å². The highest BCUT2D eigenvalue weighted by Crippen LogP contribution is 2.53. The van der Waals surface area contributed by atoms with Crippen LogP contribution in [-0.4, -0.2) is 0 Å². The van der Waals surface area contributed by atoms with Gasteiger partial charge in [-0.2, -0.15) is 0 Å². The van der Waals surface area contributed by atoms with E-state index in [1.807, 2.05) is 0 Å². The van der Waals surface area contributed by atoms with Crippen molar-refractivity contribution in [1.29, 1.82) is 0 Å². The van der Waals surface area contributed by atoms with Crippen LogP contribution in [0, 0.1) is 0 Å². The number of rotatable bonds is 4. The fourth-order valence-electron chi connectivity index (χ4n) is 8.88. The van der Waals surface area contributed by atoms with Gasteiger partial charge in [-0.25, -0.2) is 0 Å². The normalized spacial score (nSPS) is 13.1. The van der Waals surface area contributed by atoms with Crippen molar-refractivity contribution in [1.82, 2.24) is 0 Å². The topological polar surface area (TPSA) is 0 Å². The van der Waals surface area contributed by atoms with E-state index < -0.39 is 0 Å². The second-order valence-electron chi connectivity index (χ2n) is 14.5. The molecule has 0 spiro atoms. The maximum atomic E-state index is 2.43. The average molecular weight is 649 g/mol. The summed E-state index contributed by atoms with van der Waals surface area (Å²) in [6, 6.07) is 67.3. The smallest absolute Gasteiger partial charge is 0.0165 e. The van der Waals surface area contributed by atoms with E-state index in [9.17, 15) is 0 Å². The van der Waals surface area contributed by atoms with Crippen LogP contribution >= 0.6 is 0 Å². The minimum Gasteiger partial charge on any atom is -0.0622 e. The molecule has 0 aromatic heterocycles. The van der Waals surface area contributed by atoms with Crippen LogP contribution in [0.5, 0.6) is 0 Å². The number of hydrogen-bond acceptors (Lipinski definition) is 0. The van der Waals surface area contributed by atoms with Gasteiger partial charge >= 0.3 is 0 Å². The van der Waals surface area contributed by atoms with Gasteiger partial charge in [-0.15, -0.1) is 0 Å². The van der Waals surface area contributed by atoms with Crippen molar-refractivity contribution in [3.63, 3.8) is 0 Å². The Morgan fingerprint density at radius 3 is 1.39 bits per heavy atom. The molecule has 0 aliphatic heterocycles. The van der Waals surface area contributed by atoms with Gasteiger partial charge in [0.05, 0.1) is 0 Å². The molecule has 1 aliphatic rings. The van der Waals surface area contributed by atoms with Crippen molar-refractivity contribution in [2.24, 2.45) is 0 Å². The average Bonchev–Trinajstić information content (AvgIpc) is 3.41. The van der Waals surface area contributed by atoms with Gasteiger partial charge in [0.25, 0.3) is 0 Å². The summed E-state index contributed by atoms with van der Waals surface area (Å²) in [6.45, 7) is 4.79. The fourth-order valence-corrected chi connectivity index (χ4v) is 8.88. The summed E-state index contributed by atoms with van der Waals surface area (Å²) >= 11 is 0. The van der Waals surface area contributed by atoms with Crippen LogP contribution in [0.1, 0.15) is 25.0 Å². The van der Waals surface area contributed by atoms with E-state index in [1.54, 1.807) is 0 Å². The van der Waals surface area contributed by atoms with E-state index in [0.29, 0.717) is 0 Å². The van der Waals surface area contributed by atoms with E-state index >= 15 is 0 Å². The van der Waals surface area contributed by atoms with Crippen molar-refractivity contribution in [3.8, 4) is 55.6 Å². The Hall–Kier alpha value is -6.24. The third-order valence-electron chi connectivity index (χ3n) is 11.2. The second kappa shape index (κ2) is 11.4. The summed E-state index contributed by atoms with van der Waals surface area (Å²) in [5.74, 6) is 0. The molecule has 9 aromatic rings. The van der Waals surface area contributed by atoms with E-state index in [2.05, 4.69) is 196 Å². The summed E-state index contributed by atoms with van der Waals surface area (Å²) in [5.41, 5.74) is 15.5. The third-order valence-corrected chi connectivity index (χ3v) is 11.2. The summed E-state index contributed by atoms with van der Waals surface area (Å²) in [6.07, 6.45) is 0. The number of fused-ring (bicyclic) bond motifs is 6. The highest BCUT2D eigenvalue weighted by atomic mass is 14.4. The Morgan fingerprint density at radius 2 is 0.765 bits per heavy atom. The maximum Gasteiger partial charge on any atom is 0.0165 e. The molecule has 51 heavy (non-hydrogen) atoms. The fraction of sp³-hybridized carbons (Fsp3) is 0.0588.